The standard InChI is InChI=1S/C20H22N2OS/c1-13-9-14(2)11-15(10-13)21-20(23)18-12-19-17(7-8-24-19)22(18)16-5-3-4-6-16/h7-12,16H,3-6H2,1-2H3,(H,21,23). The molecule has 1 aliphatic rings. The number of amides is 1. The van der Waals surface area contributed by atoms with Crippen LogP contribution < -0.4 is 5.32 Å². The van der Waals surface area contributed by atoms with Crippen molar-refractivity contribution < 1.29 is 4.79 Å². The van der Waals surface area contributed by atoms with Gasteiger partial charge in [-0.15, -0.1) is 11.3 Å². The Kier molecular flexibility index (Phi) is 3.93. The number of hydrogen-bond donors (Lipinski definition) is 1. The van der Waals surface area contributed by atoms with Crippen LogP contribution in [0.4, 0.5) is 5.69 Å². The molecule has 1 aromatic carbocycles. The number of fused-ring (bicyclic) bond motifs is 1. The van der Waals surface area contributed by atoms with E-state index in [2.05, 4.69) is 47.3 Å². The Hall–Kier alpha value is -2.07. The average Bonchev–Trinajstić information content (AvgIpc) is 3.22. The second-order valence-electron chi connectivity index (χ2n) is 6.84. The van der Waals surface area contributed by atoms with E-state index >= 15 is 0 Å². The molecule has 4 rings (SSSR count). The molecule has 0 saturated heterocycles. The number of aryl methyl sites for hydroxylation is 2. The van der Waals surface area contributed by atoms with Gasteiger partial charge >= 0.3 is 0 Å². The smallest absolute Gasteiger partial charge is 0.272 e. The SMILES string of the molecule is Cc1cc(C)cc(NC(=O)c2cc3sccc3n2C2CCCC2)c1. The molecule has 1 amide bonds. The van der Waals surface area contributed by atoms with E-state index in [4.69, 9.17) is 0 Å². The first-order valence-corrected chi connectivity index (χ1v) is 9.48. The number of benzene rings is 1. The van der Waals surface area contributed by atoms with Crippen molar-refractivity contribution in [3.05, 3.63) is 52.5 Å². The maximum Gasteiger partial charge on any atom is 0.272 e. The summed E-state index contributed by atoms with van der Waals surface area (Å²) >= 11 is 1.71. The van der Waals surface area contributed by atoms with Crippen LogP contribution in [0.3, 0.4) is 0 Å². The average molecular weight is 338 g/mol. The van der Waals surface area contributed by atoms with Gasteiger partial charge in [-0.1, -0.05) is 18.9 Å². The molecule has 1 fully saturated rings. The molecule has 124 valence electrons. The fourth-order valence-corrected chi connectivity index (χ4v) is 4.73. The Balaban J connectivity index is 1.71. The van der Waals surface area contributed by atoms with Gasteiger partial charge in [-0.25, -0.2) is 0 Å². The number of thiophene rings is 1. The van der Waals surface area contributed by atoms with Crippen molar-refractivity contribution in [2.45, 2.75) is 45.6 Å². The van der Waals surface area contributed by atoms with Crippen LogP contribution in [0.5, 0.6) is 0 Å². The zero-order chi connectivity index (χ0) is 16.7. The fourth-order valence-electron chi connectivity index (χ4n) is 3.92. The Morgan fingerprint density at radius 3 is 2.54 bits per heavy atom. The molecule has 0 unspecified atom stereocenters. The van der Waals surface area contributed by atoms with Crippen molar-refractivity contribution in [3.63, 3.8) is 0 Å². The van der Waals surface area contributed by atoms with Crippen molar-refractivity contribution >= 4 is 33.1 Å². The van der Waals surface area contributed by atoms with Crippen LogP contribution in [0.1, 0.15) is 53.3 Å². The normalized spacial score (nSPS) is 15.2. The second kappa shape index (κ2) is 6.10. The molecular formula is C20H22N2OS. The number of rotatable bonds is 3. The van der Waals surface area contributed by atoms with Gasteiger partial charge in [0.15, 0.2) is 0 Å². The number of hydrogen-bond acceptors (Lipinski definition) is 2. The van der Waals surface area contributed by atoms with Gasteiger partial charge in [0.1, 0.15) is 5.69 Å². The minimum atomic E-state index is -0.00435. The molecule has 0 bridgehead atoms. The van der Waals surface area contributed by atoms with Crippen LogP contribution in [0, 0.1) is 13.8 Å². The predicted molar refractivity (Wildman–Crippen MR) is 101 cm³/mol. The molecule has 3 aromatic rings. The summed E-state index contributed by atoms with van der Waals surface area (Å²) in [4.78, 5) is 13.0. The highest BCUT2D eigenvalue weighted by Crippen LogP contribution is 2.36. The van der Waals surface area contributed by atoms with Crippen molar-refractivity contribution in [1.29, 1.82) is 0 Å². The van der Waals surface area contributed by atoms with E-state index in [0.29, 0.717) is 6.04 Å². The van der Waals surface area contributed by atoms with Gasteiger partial charge in [0.25, 0.3) is 5.91 Å². The molecule has 1 N–H and O–H groups in total. The van der Waals surface area contributed by atoms with E-state index < -0.39 is 0 Å². The first-order valence-electron chi connectivity index (χ1n) is 8.60. The Labute approximate surface area is 146 Å². The first-order chi connectivity index (χ1) is 11.6. The van der Waals surface area contributed by atoms with Gasteiger partial charge in [-0.2, -0.15) is 0 Å². The van der Waals surface area contributed by atoms with Gasteiger partial charge < -0.3 is 9.88 Å². The van der Waals surface area contributed by atoms with E-state index in [1.807, 2.05) is 12.1 Å². The molecule has 24 heavy (non-hydrogen) atoms. The predicted octanol–water partition coefficient (Wildman–Crippen LogP) is 5.69. The number of carbonyl (C=O) groups is 1. The molecule has 0 radical (unpaired) electrons. The maximum absolute atomic E-state index is 13.0. The van der Waals surface area contributed by atoms with Gasteiger partial charge in [0, 0.05) is 11.7 Å². The molecular weight excluding hydrogens is 316 g/mol. The summed E-state index contributed by atoms with van der Waals surface area (Å²) < 4.78 is 3.48. The van der Waals surface area contributed by atoms with Crippen LogP contribution in [0.15, 0.2) is 35.7 Å². The Morgan fingerprint density at radius 1 is 1.12 bits per heavy atom. The topological polar surface area (TPSA) is 34.0 Å². The largest absolute Gasteiger partial charge is 0.333 e. The zero-order valence-corrected chi connectivity index (χ0v) is 15.0. The lowest BCUT2D eigenvalue weighted by atomic mass is 10.1. The third-order valence-corrected chi connectivity index (χ3v) is 5.72. The molecule has 2 heterocycles. The second-order valence-corrected chi connectivity index (χ2v) is 7.79. The molecule has 1 aliphatic carbocycles. The highest BCUT2D eigenvalue weighted by atomic mass is 32.1. The monoisotopic (exact) mass is 338 g/mol. The summed E-state index contributed by atoms with van der Waals surface area (Å²) in [5, 5.41) is 5.21. The van der Waals surface area contributed by atoms with Crippen LogP contribution in [-0.4, -0.2) is 10.5 Å². The van der Waals surface area contributed by atoms with Crippen molar-refractivity contribution in [2.24, 2.45) is 0 Å². The summed E-state index contributed by atoms with van der Waals surface area (Å²) in [5.74, 6) is -0.00435. The van der Waals surface area contributed by atoms with Crippen molar-refractivity contribution in [1.82, 2.24) is 4.57 Å². The van der Waals surface area contributed by atoms with Crippen LogP contribution in [0.25, 0.3) is 10.2 Å². The van der Waals surface area contributed by atoms with Crippen LogP contribution >= 0.6 is 11.3 Å². The van der Waals surface area contributed by atoms with E-state index in [1.54, 1.807) is 11.3 Å². The number of nitrogens with zero attached hydrogens (tertiary/aromatic N) is 1. The molecule has 0 atom stereocenters. The quantitative estimate of drug-likeness (QED) is 0.654. The molecule has 0 spiro atoms. The number of anilines is 1. The first kappa shape index (κ1) is 15.5. The van der Waals surface area contributed by atoms with E-state index in [-0.39, 0.29) is 5.91 Å². The summed E-state index contributed by atoms with van der Waals surface area (Å²) in [6.07, 6.45) is 4.85. The Bertz CT molecular complexity index is 879. The summed E-state index contributed by atoms with van der Waals surface area (Å²) in [5.41, 5.74) is 5.20. The number of carbonyl (C=O) groups excluding carboxylic acids is 1. The molecule has 2 aromatic heterocycles. The van der Waals surface area contributed by atoms with Gasteiger partial charge in [-0.3, -0.25) is 4.79 Å². The lowest BCUT2D eigenvalue weighted by molar-refractivity contribution is 0.101. The highest BCUT2D eigenvalue weighted by molar-refractivity contribution is 7.17. The lowest BCUT2D eigenvalue weighted by Crippen LogP contribution is -2.19. The van der Waals surface area contributed by atoms with Crippen molar-refractivity contribution in [3.8, 4) is 0 Å². The maximum atomic E-state index is 13.0. The van der Waals surface area contributed by atoms with Crippen LogP contribution in [-0.2, 0) is 0 Å². The molecule has 3 nitrogen and oxygen atoms in total. The summed E-state index contributed by atoms with van der Waals surface area (Å²) in [7, 11) is 0. The van der Waals surface area contributed by atoms with Crippen LogP contribution in [0.2, 0.25) is 0 Å². The summed E-state index contributed by atoms with van der Waals surface area (Å²) in [6.45, 7) is 4.11. The van der Waals surface area contributed by atoms with Gasteiger partial charge in [0.2, 0.25) is 0 Å². The molecule has 4 heteroatoms. The minimum Gasteiger partial charge on any atom is -0.333 e. The number of aromatic nitrogens is 1. The fraction of sp³-hybridized carbons (Fsp3) is 0.350. The third-order valence-electron chi connectivity index (χ3n) is 4.86. The van der Waals surface area contributed by atoms with Crippen molar-refractivity contribution in [2.75, 3.05) is 5.32 Å². The highest BCUT2D eigenvalue weighted by Gasteiger charge is 2.25. The van der Waals surface area contributed by atoms with Gasteiger partial charge in [0.05, 0.1) is 10.2 Å². The summed E-state index contributed by atoms with van der Waals surface area (Å²) in [6, 6.07) is 10.8. The third kappa shape index (κ3) is 2.75. The Morgan fingerprint density at radius 2 is 1.83 bits per heavy atom. The van der Waals surface area contributed by atoms with E-state index in [1.165, 1.54) is 35.9 Å². The molecule has 0 aliphatic heterocycles. The van der Waals surface area contributed by atoms with E-state index in [9.17, 15) is 4.79 Å². The molecule has 1 saturated carbocycles. The minimum absolute atomic E-state index is 0.00435. The van der Waals surface area contributed by atoms with Gasteiger partial charge in [-0.05, 0) is 67.5 Å². The number of nitrogens with one attached hydrogen (secondary N) is 1. The van der Waals surface area contributed by atoms with E-state index in [0.717, 1.165) is 22.5 Å². The lowest BCUT2D eigenvalue weighted by Gasteiger charge is -2.17. The zero-order valence-electron chi connectivity index (χ0n) is 14.1.